The molecule has 1 aromatic rings. The summed E-state index contributed by atoms with van der Waals surface area (Å²) in [5, 5.41) is 7.00. The molecule has 1 aliphatic rings. The molecule has 0 aromatic carbocycles. The fourth-order valence-corrected chi connectivity index (χ4v) is 2.64. The molecule has 1 heterocycles. The summed E-state index contributed by atoms with van der Waals surface area (Å²) in [6, 6.07) is 2.05. The van der Waals surface area contributed by atoms with Gasteiger partial charge in [-0.2, -0.15) is 0 Å². The van der Waals surface area contributed by atoms with Crippen molar-refractivity contribution in [1.29, 1.82) is 0 Å². The van der Waals surface area contributed by atoms with Gasteiger partial charge in [0.1, 0.15) is 0 Å². The number of hydrogen-bond acceptors (Lipinski definition) is 3. The number of carbonyl (C=O) groups is 1. The van der Waals surface area contributed by atoms with E-state index >= 15 is 0 Å². The van der Waals surface area contributed by atoms with Crippen LogP contribution in [0, 0.1) is 0 Å². The van der Waals surface area contributed by atoms with E-state index in [4.69, 9.17) is 5.11 Å². The zero-order chi connectivity index (χ0) is 9.68. The Morgan fingerprint density at radius 3 is 2.69 bits per heavy atom. The van der Waals surface area contributed by atoms with Crippen molar-refractivity contribution < 1.29 is 9.90 Å². The summed E-state index contributed by atoms with van der Waals surface area (Å²) in [5.74, 6) is 0. The minimum Gasteiger partial charge on any atom is -0.400 e. The average Bonchev–Trinajstić information content (AvgIpc) is 2.63. The Morgan fingerprint density at radius 2 is 2.08 bits per heavy atom. The molecule has 0 aliphatic heterocycles. The predicted molar refractivity (Wildman–Crippen MR) is 54.5 cm³/mol. The van der Waals surface area contributed by atoms with Crippen LogP contribution in [0.2, 0.25) is 0 Å². The molecule has 1 N–H and O–H groups in total. The molecule has 2 rings (SSSR count). The lowest BCUT2D eigenvalue weighted by Gasteiger charge is -2.08. The van der Waals surface area contributed by atoms with Crippen molar-refractivity contribution in [1.82, 2.24) is 0 Å². The maximum atomic E-state index is 10.4. The molecule has 0 amide bonds. The first-order valence-corrected chi connectivity index (χ1v) is 5.23. The third kappa shape index (κ3) is 2.39. The molecule has 0 saturated heterocycles. The van der Waals surface area contributed by atoms with Gasteiger partial charge in [-0.3, -0.25) is 4.79 Å². The molecule has 0 bridgehead atoms. The molecule has 0 fully saturated rings. The van der Waals surface area contributed by atoms with Gasteiger partial charge in [-0.15, -0.1) is 11.3 Å². The summed E-state index contributed by atoms with van der Waals surface area (Å²) < 4.78 is 0. The molecule has 1 aliphatic carbocycles. The van der Waals surface area contributed by atoms with Crippen LogP contribution in [0.25, 0.3) is 0 Å². The lowest BCUT2D eigenvalue weighted by Crippen LogP contribution is -1.96. The standard InChI is InChI=1S/C9H10OS.CH4O/c10-6-8-5-7-3-1-2-4-9(7)11-8;1-2/h5-6H,1-4H2;2H,1H3. The quantitative estimate of drug-likeness (QED) is 0.701. The third-order valence-electron chi connectivity index (χ3n) is 2.13. The van der Waals surface area contributed by atoms with Crippen LogP contribution in [0.3, 0.4) is 0 Å². The minimum atomic E-state index is 0.900. The first-order valence-electron chi connectivity index (χ1n) is 4.41. The van der Waals surface area contributed by atoms with E-state index in [0.717, 1.165) is 18.3 Å². The number of hydrogen-bond donors (Lipinski definition) is 1. The molecule has 0 unspecified atom stereocenters. The largest absolute Gasteiger partial charge is 0.400 e. The van der Waals surface area contributed by atoms with Crippen molar-refractivity contribution in [3.05, 3.63) is 21.4 Å². The van der Waals surface area contributed by atoms with Crippen molar-refractivity contribution >= 4 is 17.6 Å². The second-order valence-corrected chi connectivity index (χ2v) is 4.09. The lowest BCUT2D eigenvalue weighted by atomic mass is 9.99. The molecular weight excluding hydrogens is 184 g/mol. The second kappa shape index (κ2) is 5.14. The average molecular weight is 198 g/mol. The zero-order valence-electron chi connectivity index (χ0n) is 7.75. The maximum absolute atomic E-state index is 10.4. The Bertz CT molecular complexity index is 255. The first kappa shape index (κ1) is 10.4. The van der Waals surface area contributed by atoms with Crippen molar-refractivity contribution in [3.8, 4) is 0 Å². The van der Waals surface area contributed by atoms with Gasteiger partial charge in [-0.25, -0.2) is 0 Å². The Hall–Kier alpha value is -0.670. The smallest absolute Gasteiger partial charge is 0.160 e. The van der Waals surface area contributed by atoms with E-state index < -0.39 is 0 Å². The van der Waals surface area contributed by atoms with Crippen LogP contribution >= 0.6 is 11.3 Å². The minimum absolute atomic E-state index is 0.900. The van der Waals surface area contributed by atoms with Crippen LogP contribution in [0.1, 0.15) is 33.0 Å². The van der Waals surface area contributed by atoms with Crippen LogP contribution in [-0.4, -0.2) is 18.5 Å². The van der Waals surface area contributed by atoms with Gasteiger partial charge in [-0.05, 0) is 37.3 Å². The molecule has 3 heteroatoms. The summed E-state index contributed by atoms with van der Waals surface area (Å²) >= 11 is 1.67. The van der Waals surface area contributed by atoms with Gasteiger partial charge in [0.15, 0.2) is 6.29 Å². The number of thiophene rings is 1. The van der Waals surface area contributed by atoms with Gasteiger partial charge in [0.25, 0.3) is 0 Å². The van der Waals surface area contributed by atoms with E-state index in [-0.39, 0.29) is 0 Å². The lowest BCUT2D eigenvalue weighted by molar-refractivity contribution is 0.112. The van der Waals surface area contributed by atoms with E-state index in [0.29, 0.717) is 0 Å². The molecular formula is C10H14O2S. The summed E-state index contributed by atoms with van der Waals surface area (Å²) in [6.07, 6.45) is 5.92. The van der Waals surface area contributed by atoms with Crippen LogP contribution in [0.5, 0.6) is 0 Å². The molecule has 0 atom stereocenters. The highest BCUT2D eigenvalue weighted by Crippen LogP contribution is 2.28. The van der Waals surface area contributed by atoms with Gasteiger partial charge >= 0.3 is 0 Å². The number of aldehydes is 1. The molecule has 1 aromatic heterocycles. The van der Waals surface area contributed by atoms with Gasteiger partial charge in [0.2, 0.25) is 0 Å². The van der Waals surface area contributed by atoms with Crippen LogP contribution in [0.15, 0.2) is 6.07 Å². The topological polar surface area (TPSA) is 37.3 Å². The molecule has 13 heavy (non-hydrogen) atoms. The summed E-state index contributed by atoms with van der Waals surface area (Å²) in [4.78, 5) is 12.8. The third-order valence-corrected chi connectivity index (χ3v) is 3.29. The van der Waals surface area contributed by atoms with Gasteiger partial charge in [0.05, 0.1) is 4.88 Å². The van der Waals surface area contributed by atoms with Crippen molar-refractivity contribution in [2.24, 2.45) is 0 Å². The fraction of sp³-hybridized carbons (Fsp3) is 0.500. The van der Waals surface area contributed by atoms with Crippen molar-refractivity contribution in [2.75, 3.05) is 7.11 Å². The number of carbonyl (C=O) groups excluding carboxylic acids is 1. The van der Waals surface area contributed by atoms with Gasteiger partial charge < -0.3 is 5.11 Å². The molecule has 72 valence electrons. The monoisotopic (exact) mass is 198 g/mol. The van der Waals surface area contributed by atoms with Crippen molar-refractivity contribution in [2.45, 2.75) is 25.7 Å². The number of rotatable bonds is 1. The molecule has 0 saturated carbocycles. The van der Waals surface area contributed by atoms with Crippen LogP contribution in [-0.2, 0) is 12.8 Å². The van der Waals surface area contributed by atoms with Gasteiger partial charge in [-0.1, -0.05) is 0 Å². The van der Waals surface area contributed by atoms with Crippen LogP contribution < -0.4 is 0 Å². The Kier molecular flexibility index (Phi) is 4.12. The van der Waals surface area contributed by atoms with E-state index in [2.05, 4.69) is 0 Å². The van der Waals surface area contributed by atoms with E-state index in [9.17, 15) is 4.79 Å². The van der Waals surface area contributed by atoms with E-state index in [1.807, 2.05) is 6.07 Å². The second-order valence-electron chi connectivity index (χ2n) is 2.92. The summed E-state index contributed by atoms with van der Waals surface area (Å²) in [5.41, 5.74) is 1.42. The molecule has 0 spiro atoms. The number of aliphatic hydroxyl groups excluding tert-OH is 1. The highest BCUT2D eigenvalue weighted by atomic mass is 32.1. The predicted octanol–water partition coefficient (Wildman–Crippen LogP) is 2.05. The summed E-state index contributed by atoms with van der Waals surface area (Å²) in [7, 11) is 1.00. The number of aryl methyl sites for hydroxylation is 2. The molecule has 0 radical (unpaired) electrons. The highest BCUT2D eigenvalue weighted by Gasteiger charge is 2.12. The van der Waals surface area contributed by atoms with Gasteiger partial charge in [0, 0.05) is 12.0 Å². The molecule has 2 nitrogen and oxygen atoms in total. The zero-order valence-corrected chi connectivity index (χ0v) is 8.56. The number of aliphatic hydroxyl groups is 1. The Morgan fingerprint density at radius 1 is 1.38 bits per heavy atom. The van der Waals surface area contributed by atoms with E-state index in [1.165, 1.54) is 36.1 Å². The Balaban J connectivity index is 0.000000396. The SMILES string of the molecule is CO.O=Cc1cc2c(s1)CCCC2. The summed E-state index contributed by atoms with van der Waals surface area (Å²) in [6.45, 7) is 0. The number of fused-ring (bicyclic) bond motifs is 1. The normalized spacial score (nSPS) is 14.0. The highest BCUT2D eigenvalue weighted by molar-refractivity contribution is 7.13. The van der Waals surface area contributed by atoms with Crippen LogP contribution in [0.4, 0.5) is 0 Å². The maximum Gasteiger partial charge on any atom is 0.160 e. The Labute approximate surface area is 82.2 Å². The first-order chi connectivity index (χ1) is 6.40. The van der Waals surface area contributed by atoms with E-state index in [1.54, 1.807) is 11.3 Å². The fourth-order valence-electron chi connectivity index (χ4n) is 1.57. The van der Waals surface area contributed by atoms with Crippen molar-refractivity contribution in [3.63, 3.8) is 0 Å².